The highest BCUT2D eigenvalue weighted by Crippen LogP contribution is 2.22. The fraction of sp³-hybridized carbons (Fsp3) is 0.0588. The lowest BCUT2D eigenvalue weighted by atomic mass is 10.2. The third kappa shape index (κ3) is 3.55. The zero-order chi connectivity index (χ0) is 17.1. The molecule has 5 nitrogen and oxygen atoms in total. The maximum atomic E-state index is 13.7. The Kier molecular flexibility index (Phi) is 4.48. The highest BCUT2D eigenvalue weighted by Gasteiger charge is 2.15. The quantitative estimate of drug-likeness (QED) is 0.714. The second kappa shape index (κ2) is 6.72. The molecule has 24 heavy (non-hydrogen) atoms. The standard InChI is InChI=1S/C17H13ClFN3O2/c1-10-9-15(22-24-10)20-11-5-7-12(8-6-11)21-17(23)16-13(18)3-2-4-14(16)19/h2-9H,1H3,(H,20,22)(H,21,23). The van der Waals surface area contributed by atoms with Crippen LogP contribution in [0.1, 0.15) is 16.1 Å². The molecule has 0 atom stereocenters. The summed E-state index contributed by atoms with van der Waals surface area (Å²) in [4.78, 5) is 12.2. The lowest BCUT2D eigenvalue weighted by molar-refractivity contribution is 0.102. The summed E-state index contributed by atoms with van der Waals surface area (Å²) in [6.45, 7) is 1.80. The molecule has 0 aliphatic carbocycles. The van der Waals surface area contributed by atoms with E-state index in [1.165, 1.54) is 18.2 Å². The van der Waals surface area contributed by atoms with Crippen LogP contribution >= 0.6 is 11.6 Å². The van der Waals surface area contributed by atoms with Crippen LogP contribution in [0.4, 0.5) is 21.6 Å². The fourth-order valence-corrected chi connectivity index (χ4v) is 2.37. The van der Waals surface area contributed by atoms with E-state index in [2.05, 4.69) is 15.8 Å². The van der Waals surface area contributed by atoms with Gasteiger partial charge in [0.25, 0.3) is 5.91 Å². The Bertz CT molecular complexity index is 858. The second-order valence-corrected chi connectivity index (χ2v) is 5.48. The molecular weight excluding hydrogens is 333 g/mol. The van der Waals surface area contributed by atoms with E-state index in [1.54, 1.807) is 37.3 Å². The van der Waals surface area contributed by atoms with Crippen molar-refractivity contribution in [2.75, 3.05) is 10.6 Å². The van der Waals surface area contributed by atoms with Gasteiger partial charge in [-0.15, -0.1) is 0 Å². The Balaban J connectivity index is 1.71. The molecule has 122 valence electrons. The number of amides is 1. The average molecular weight is 346 g/mol. The molecule has 2 N–H and O–H groups in total. The van der Waals surface area contributed by atoms with Crippen LogP contribution in [0.5, 0.6) is 0 Å². The first-order valence-corrected chi connectivity index (χ1v) is 7.46. The maximum absolute atomic E-state index is 13.7. The molecule has 0 radical (unpaired) electrons. The Morgan fingerprint density at radius 1 is 1.17 bits per heavy atom. The van der Waals surface area contributed by atoms with Crippen molar-refractivity contribution < 1.29 is 13.7 Å². The van der Waals surface area contributed by atoms with Crippen LogP contribution in [0.3, 0.4) is 0 Å². The van der Waals surface area contributed by atoms with E-state index in [4.69, 9.17) is 16.1 Å². The van der Waals surface area contributed by atoms with E-state index < -0.39 is 11.7 Å². The first-order chi connectivity index (χ1) is 11.5. The van der Waals surface area contributed by atoms with E-state index in [0.717, 1.165) is 5.69 Å². The van der Waals surface area contributed by atoms with Gasteiger partial charge in [-0.1, -0.05) is 22.8 Å². The normalized spacial score (nSPS) is 10.5. The number of hydrogen-bond donors (Lipinski definition) is 2. The summed E-state index contributed by atoms with van der Waals surface area (Å²) >= 11 is 5.88. The largest absolute Gasteiger partial charge is 0.360 e. The molecule has 0 bridgehead atoms. The summed E-state index contributed by atoms with van der Waals surface area (Å²) < 4.78 is 18.7. The zero-order valence-electron chi connectivity index (χ0n) is 12.6. The van der Waals surface area contributed by atoms with Gasteiger partial charge in [-0.25, -0.2) is 4.39 Å². The van der Waals surface area contributed by atoms with Crippen molar-refractivity contribution in [1.82, 2.24) is 5.16 Å². The SMILES string of the molecule is Cc1cc(Nc2ccc(NC(=O)c3c(F)cccc3Cl)cc2)no1. The Labute approximate surface area is 142 Å². The number of carbonyl (C=O) groups is 1. The van der Waals surface area contributed by atoms with Crippen molar-refractivity contribution in [3.8, 4) is 0 Å². The molecule has 0 unspecified atom stereocenters. The molecule has 0 saturated carbocycles. The number of nitrogens with zero attached hydrogens (tertiary/aromatic N) is 1. The summed E-state index contributed by atoms with van der Waals surface area (Å²) in [6, 6.07) is 12.7. The van der Waals surface area contributed by atoms with Gasteiger partial charge in [-0.05, 0) is 43.3 Å². The number of nitrogens with one attached hydrogen (secondary N) is 2. The first-order valence-electron chi connectivity index (χ1n) is 7.09. The van der Waals surface area contributed by atoms with Crippen molar-refractivity contribution in [3.05, 3.63) is 70.7 Å². The predicted molar refractivity (Wildman–Crippen MR) is 90.3 cm³/mol. The van der Waals surface area contributed by atoms with Crippen molar-refractivity contribution in [1.29, 1.82) is 0 Å². The molecule has 0 saturated heterocycles. The molecule has 2 aromatic carbocycles. The molecule has 1 aromatic heterocycles. The number of rotatable bonds is 4. The number of carbonyl (C=O) groups excluding carboxylic acids is 1. The molecule has 0 aliphatic heterocycles. The monoisotopic (exact) mass is 345 g/mol. The van der Waals surface area contributed by atoms with Gasteiger partial charge in [0.2, 0.25) is 0 Å². The minimum Gasteiger partial charge on any atom is -0.360 e. The van der Waals surface area contributed by atoms with Crippen LogP contribution in [0.15, 0.2) is 53.1 Å². The van der Waals surface area contributed by atoms with Crippen LogP contribution in [-0.4, -0.2) is 11.1 Å². The van der Waals surface area contributed by atoms with Crippen LogP contribution in [-0.2, 0) is 0 Å². The Hall–Kier alpha value is -2.86. The maximum Gasteiger partial charge on any atom is 0.260 e. The van der Waals surface area contributed by atoms with Gasteiger partial charge >= 0.3 is 0 Å². The highest BCUT2D eigenvalue weighted by atomic mass is 35.5. The van der Waals surface area contributed by atoms with Gasteiger partial charge < -0.3 is 15.2 Å². The second-order valence-electron chi connectivity index (χ2n) is 5.08. The Morgan fingerprint density at radius 2 is 1.88 bits per heavy atom. The van der Waals surface area contributed by atoms with Crippen LogP contribution in [0.2, 0.25) is 5.02 Å². The van der Waals surface area contributed by atoms with Gasteiger partial charge in [0.1, 0.15) is 11.6 Å². The lowest BCUT2D eigenvalue weighted by Gasteiger charge is -2.09. The van der Waals surface area contributed by atoms with E-state index in [9.17, 15) is 9.18 Å². The molecular formula is C17H13ClFN3O2. The number of aryl methyl sites for hydroxylation is 1. The number of halogens is 2. The number of hydrogen-bond acceptors (Lipinski definition) is 4. The van der Waals surface area contributed by atoms with Crippen LogP contribution < -0.4 is 10.6 Å². The summed E-state index contributed by atoms with van der Waals surface area (Å²) in [5.74, 6) is 0.0104. The Morgan fingerprint density at radius 3 is 2.50 bits per heavy atom. The minimum absolute atomic E-state index is 0.0622. The van der Waals surface area contributed by atoms with Gasteiger partial charge in [0, 0.05) is 17.4 Å². The summed E-state index contributed by atoms with van der Waals surface area (Å²) in [5, 5.41) is 9.56. The third-order valence-electron chi connectivity index (χ3n) is 3.23. The fourth-order valence-electron chi connectivity index (χ4n) is 2.12. The third-order valence-corrected chi connectivity index (χ3v) is 3.55. The first kappa shape index (κ1) is 16.0. The molecule has 7 heteroatoms. The highest BCUT2D eigenvalue weighted by molar-refractivity contribution is 6.34. The van der Waals surface area contributed by atoms with Crippen molar-refractivity contribution in [3.63, 3.8) is 0 Å². The molecule has 1 heterocycles. The predicted octanol–water partition coefficient (Wildman–Crippen LogP) is 4.77. The number of benzene rings is 2. The van der Waals surface area contributed by atoms with E-state index in [1.807, 2.05) is 0 Å². The zero-order valence-corrected chi connectivity index (χ0v) is 13.4. The van der Waals surface area contributed by atoms with Crippen LogP contribution in [0, 0.1) is 12.7 Å². The van der Waals surface area contributed by atoms with Crippen molar-refractivity contribution in [2.45, 2.75) is 6.92 Å². The molecule has 0 aliphatic rings. The summed E-state index contributed by atoms with van der Waals surface area (Å²) in [5.41, 5.74) is 1.10. The van der Waals surface area contributed by atoms with E-state index >= 15 is 0 Å². The smallest absolute Gasteiger partial charge is 0.260 e. The molecule has 0 spiro atoms. The van der Waals surface area contributed by atoms with Crippen molar-refractivity contribution >= 4 is 34.7 Å². The van der Waals surface area contributed by atoms with Crippen molar-refractivity contribution in [2.24, 2.45) is 0 Å². The molecule has 1 amide bonds. The van der Waals surface area contributed by atoms with Gasteiger partial charge in [0.05, 0.1) is 10.6 Å². The topological polar surface area (TPSA) is 67.2 Å². The van der Waals surface area contributed by atoms with Crippen LogP contribution in [0.25, 0.3) is 0 Å². The summed E-state index contributed by atoms with van der Waals surface area (Å²) in [6.07, 6.45) is 0. The van der Waals surface area contributed by atoms with E-state index in [-0.39, 0.29) is 10.6 Å². The average Bonchev–Trinajstić information content (AvgIpc) is 2.94. The number of aromatic nitrogens is 1. The van der Waals surface area contributed by atoms with Gasteiger partial charge in [-0.3, -0.25) is 4.79 Å². The lowest BCUT2D eigenvalue weighted by Crippen LogP contribution is -2.14. The van der Waals surface area contributed by atoms with E-state index in [0.29, 0.717) is 17.3 Å². The molecule has 3 aromatic rings. The molecule has 0 fully saturated rings. The number of anilines is 3. The summed E-state index contributed by atoms with van der Waals surface area (Å²) in [7, 11) is 0. The molecule has 3 rings (SSSR count). The minimum atomic E-state index is -0.667. The van der Waals surface area contributed by atoms with Gasteiger partial charge in [-0.2, -0.15) is 0 Å². The van der Waals surface area contributed by atoms with Gasteiger partial charge in [0.15, 0.2) is 5.82 Å².